The number of benzene rings is 1. The Morgan fingerprint density at radius 2 is 2.00 bits per heavy atom. The third kappa shape index (κ3) is 5.61. The molecule has 0 radical (unpaired) electrons. The second-order valence-corrected chi connectivity index (χ2v) is 9.34. The summed E-state index contributed by atoms with van der Waals surface area (Å²) >= 11 is 0. The first kappa shape index (κ1) is 24.5. The van der Waals surface area contributed by atoms with Crippen LogP contribution in [-0.4, -0.2) is 44.3 Å². The van der Waals surface area contributed by atoms with Gasteiger partial charge in [0, 0.05) is 17.9 Å². The molecule has 0 spiro atoms. The number of anilines is 2. The van der Waals surface area contributed by atoms with E-state index in [9.17, 15) is 31.6 Å². The van der Waals surface area contributed by atoms with Crippen molar-refractivity contribution >= 4 is 27.5 Å². The maximum absolute atomic E-state index is 13.6. The second kappa shape index (κ2) is 8.99. The van der Waals surface area contributed by atoms with Gasteiger partial charge >= 0.3 is 6.18 Å². The van der Waals surface area contributed by atoms with Crippen LogP contribution in [0.15, 0.2) is 30.3 Å². The molecule has 1 amide bonds. The van der Waals surface area contributed by atoms with E-state index in [0.29, 0.717) is 5.69 Å². The SMILES string of the molecule is Cc1cccc(NC(=O)[C@@H]2[C@@H](OS(C)(=O)=O)CCN2c2nc(C)cc(C(F)(F)F)c2C#N)c1. The Labute approximate surface area is 189 Å². The number of carbonyl (C=O) groups is 1. The highest BCUT2D eigenvalue weighted by molar-refractivity contribution is 7.86. The number of halogens is 3. The van der Waals surface area contributed by atoms with Gasteiger partial charge in [-0.15, -0.1) is 0 Å². The molecule has 0 unspecified atom stereocenters. The summed E-state index contributed by atoms with van der Waals surface area (Å²) < 4.78 is 69.4. The molecule has 1 aliphatic rings. The molecule has 1 aliphatic heterocycles. The lowest BCUT2D eigenvalue weighted by Crippen LogP contribution is -2.47. The summed E-state index contributed by atoms with van der Waals surface area (Å²) in [4.78, 5) is 18.5. The minimum absolute atomic E-state index is 0.0124. The minimum Gasteiger partial charge on any atom is -0.341 e. The number of nitrogens with one attached hydrogen (secondary N) is 1. The highest BCUT2D eigenvalue weighted by Gasteiger charge is 2.45. The Hall–Kier alpha value is -3.17. The molecule has 0 bridgehead atoms. The molecule has 176 valence electrons. The van der Waals surface area contributed by atoms with E-state index in [1.165, 1.54) is 17.9 Å². The van der Waals surface area contributed by atoms with Crippen LogP contribution in [0.2, 0.25) is 0 Å². The molecular formula is C21H21F3N4O4S. The van der Waals surface area contributed by atoms with Crippen molar-refractivity contribution in [2.45, 2.75) is 38.6 Å². The third-order valence-electron chi connectivity index (χ3n) is 5.01. The number of aromatic nitrogens is 1. The van der Waals surface area contributed by atoms with Crippen LogP contribution >= 0.6 is 0 Å². The van der Waals surface area contributed by atoms with Gasteiger partial charge in [-0.05, 0) is 44.0 Å². The monoisotopic (exact) mass is 482 g/mol. The van der Waals surface area contributed by atoms with Crippen LogP contribution in [-0.2, 0) is 25.3 Å². The van der Waals surface area contributed by atoms with E-state index >= 15 is 0 Å². The number of hydrogen-bond donors (Lipinski definition) is 1. The fourth-order valence-electron chi connectivity index (χ4n) is 3.77. The van der Waals surface area contributed by atoms with Crippen LogP contribution in [0.5, 0.6) is 0 Å². The van der Waals surface area contributed by atoms with Crippen LogP contribution in [0.25, 0.3) is 0 Å². The Morgan fingerprint density at radius 1 is 1.30 bits per heavy atom. The first-order valence-electron chi connectivity index (χ1n) is 9.81. The van der Waals surface area contributed by atoms with Crippen LogP contribution in [0.4, 0.5) is 24.7 Å². The lowest BCUT2D eigenvalue weighted by molar-refractivity contribution is -0.137. The molecule has 12 heteroatoms. The van der Waals surface area contributed by atoms with E-state index in [1.807, 2.05) is 13.0 Å². The number of nitriles is 1. The Morgan fingerprint density at radius 3 is 2.58 bits per heavy atom. The third-order valence-corrected chi connectivity index (χ3v) is 5.61. The first-order valence-corrected chi connectivity index (χ1v) is 11.6. The van der Waals surface area contributed by atoms with Crippen LogP contribution in [0.3, 0.4) is 0 Å². The van der Waals surface area contributed by atoms with Gasteiger partial charge in [-0.25, -0.2) is 4.98 Å². The maximum atomic E-state index is 13.6. The van der Waals surface area contributed by atoms with Crippen molar-refractivity contribution in [3.05, 3.63) is 52.7 Å². The van der Waals surface area contributed by atoms with Crippen molar-refractivity contribution in [3.63, 3.8) is 0 Å². The number of carbonyl (C=O) groups excluding carboxylic acids is 1. The van der Waals surface area contributed by atoms with Crippen LogP contribution in [0.1, 0.15) is 28.8 Å². The number of rotatable bonds is 5. The van der Waals surface area contributed by atoms with Crippen molar-refractivity contribution in [1.82, 2.24) is 4.98 Å². The molecule has 1 aromatic carbocycles. The molecule has 2 heterocycles. The molecule has 0 saturated carbocycles. The summed E-state index contributed by atoms with van der Waals surface area (Å²) in [7, 11) is -3.99. The molecule has 33 heavy (non-hydrogen) atoms. The summed E-state index contributed by atoms with van der Waals surface area (Å²) in [6, 6.07) is 7.75. The average molecular weight is 482 g/mol. The zero-order valence-corrected chi connectivity index (χ0v) is 18.8. The van der Waals surface area contributed by atoms with E-state index in [-0.39, 0.29) is 24.5 Å². The topological polar surface area (TPSA) is 112 Å². The van der Waals surface area contributed by atoms with Crippen molar-refractivity contribution in [3.8, 4) is 6.07 Å². The van der Waals surface area contributed by atoms with Gasteiger partial charge in [0.1, 0.15) is 29.6 Å². The van der Waals surface area contributed by atoms with Crippen LogP contribution in [0, 0.1) is 25.2 Å². The van der Waals surface area contributed by atoms with Gasteiger partial charge in [0.2, 0.25) is 5.91 Å². The summed E-state index contributed by atoms with van der Waals surface area (Å²) in [5, 5.41) is 12.2. The van der Waals surface area contributed by atoms with Crippen molar-refractivity contribution in [1.29, 1.82) is 5.26 Å². The van der Waals surface area contributed by atoms with Gasteiger partial charge in [0.15, 0.2) is 0 Å². The highest BCUT2D eigenvalue weighted by atomic mass is 32.2. The number of aryl methyl sites for hydroxylation is 2. The standard InChI is InChI=1S/C21H21F3N4O4S/c1-12-5-4-6-14(9-12)27-20(29)18-17(32-33(3,30)31)7-8-28(18)19-15(11-25)16(21(22,23)24)10-13(2)26-19/h4-6,9-10,17-18H,7-8H2,1-3H3,(H,27,29)/t17-,18-/m0/s1. The Bertz CT molecular complexity index is 1220. The van der Waals surface area contributed by atoms with Gasteiger partial charge in [-0.2, -0.15) is 26.9 Å². The molecule has 8 nitrogen and oxygen atoms in total. The Kier molecular flexibility index (Phi) is 6.67. The second-order valence-electron chi connectivity index (χ2n) is 7.74. The van der Waals surface area contributed by atoms with E-state index in [4.69, 9.17) is 4.18 Å². The molecule has 3 rings (SSSR count). The normalized spacial score (nSPS) is 18.8. The van der Waals surface area contributed by atoms with Gasteiger partial charge in [0.05, 0.1) is 11.8 Å². The van der Waals surface area contributed by atoms with Gasteiger partial charge in [0.25, 0.3) is 10.1 Å². The smallest absolute Gasteiger partial charge is 0.341 e. The van der Waals surface area contributed by atoms with Gasteiger partial charge in [-0.3, -0.25) is 8.98 Å². The zero-order chi connectivity index (χ0) is 24.6. The summed E-state index contributed by atoms with van der Waals surface area (Å²) in [6.07, 6.45) is -5.18. The quantitative estimate of drug-likeness (QED) is 0.652. The predicted molar refractivity (Wildman–Crippen MR) is 114 cm³/mol. The molecular weight excluding hydrogens is 461 g/mol. The number of nitrogens with zero attached hydrogens (tertiary/aromatic N) is 3. The average Bonchev–Trinajstić information content (AvgIpc) is 3.08. The first-order chi connectivity index (χ1) is 15.3. The molecule has 1 fully saturated rings. The summed E-state index contributed by atoms with van der Waals surface area (Å²) in [5.41, 5.74) is -0.679. The predicted octanol–water partition coefficient (Wildman–Crippen LogP) is 3.15. The van der Waals surface area contributed by atoms with E-state index in [0.717, 1.165) is 17.9 Å². The number of alkyl halides is 3. The molecule has 2 atom stereocenters. The lowest BCUT2D eigenvalue weighted by Gasteiger charge is -2.29. The molecule has 0 aliphatic carbocycles. The van der Waals surface area contributed by atoms with E-state index < -0.39 is 45.5 Å². The Balaban J connectivity index is 2.09. The van der Waals surface area contributed by atoms with Crippen molar-refractivity contribution in [2.75, 3.05) is 23.0 Å². The van der Waals surface area contributed by atoms with E-state index in [1.54, 1.807) is 18.2 Å². The summed E-state index contributed by atoms with van der Waals surface area (Å²) in [6.45, 7) is 3.10. The highest BCUT2D eigenvalue weighted by Crippen LogP contribution is 2.38. The van der Waals surface area contributed by atoms with Crippen LogP contribution < -0.4 is 10.2 Å². The molecule has 1 saturated heterocycles. The van der Waals surface area contributed by atoms with E-state index in [2.05, 4.69) is 10.3 Å². The van der Waals surface area contributed by atoms with Crippen molar-refractivity contribution < 1.29 is 30.6 Å². The fourth-order valence-corrected chi connectivity index (χ4v) is 4.43. The minimum atomic E-state index is -4.82. The van der Waals surface area contributed by atoms with Gasteiger partial charge < -0.3 is 10.2 Å². The molecule has 1 aromatic heterocycles. The molecule has 2 aromatic rings. The summed E-state index contributed by atoms with van der Waals surface area (Å²) in [5.74, 6) is -1.05. The lowest BCUT2D eigenvalue weighted by atomic mass is 10.1. The van der Waals surface area contributed by atoms with Crippen molar-refractivity contribution in [2.24, 2.45) is 0 Å². The largest absolute Gasteiger partial charge is 0.417 e. The zero-order valence-electron chi connectivity index (χ0n) is 18.0. The maximum Gasteiger partial charge on any atom is 0.417 e. The number of pyridine rings is 1. The number of amides is 1. The molecule has 1 N–H and O–H groups in total. The number of hydrogen-bond acceptors (Lipinski definition) is 7. The fraction of sp³-hybridized carbons (Fsp3) is 0.381. The van der Waals surface area contributed by atoms with Gasteiger partial charge in [-0.1, -0.05) is 12.1 Å².